The van der Waals surface area contributed by atoms with Crippen molar-refractivity contribution >= 4 is 17.8 Å². The van der Waals surface area contributed by atoms with Gasteiger partial charge in [0, 0.05) is 12.7 Å². The Kier molecular flexibility index (Phi) is 4.52. The average molecular weight is 291 g/mol. The monoisotopic (exact) mass is 291 g/mol. The number of nitrogens with zero attached hydrogens (tertiary/aromatic N) is 3. The molecule has 2 amide bonds. The molecule has 2 rings (SSSR count). The summed E-state index contributed by atoms with van der Waals surface area (Å²) < 4.78 is 0. The van der Waals surface area contributed by atoms with Crippen molar-refractivity contribution in [3.8, 4) is 0 Å². The van der Waals surface area contributed by atoms with Crippen LogP contribution in [0.1, 0.15) is 29.4 Å². The lowest BCUT2D eigenvalue weighted by Crippen LogP contribution is -2.53. The van der Waals surface area contributed by atoms with E-state index in [4.69, 9.17) is 5.11 Å². The number of carbonyl (C=O) groups is 3. The molecule has 7 heteroatoms. The maximum Gasteiger partial charge on any atom is 0.337 e. The van der Waals surface area contributed by atoms with Gasteiger partial charge in [-0.2, -0.15) is 0 Å². The van der Waals surface area contributed by atoms with Gasteiger partial charge in [-0.3, -0.25) is 14.6 Å². The minimum absolute atomic E-state index is 0.0429. The lowest BCUT2D eigenvalue weighted by Gasteiger charge is -2.33. The van der Waals surface area contributed by atoms with E-state index in [0.29, 0.717) is 12.2 Å². The molecule has 1 aromatic rings. The first-order chi connectivity index (χ1) is 10.0. The Bertz CT molecular complexity index is 556. The standard InChI is InChI=1S/C14H17N3O4/c1-2-5-16-8-13(19)17(9-12(16)18)7-11-4-3-10(6-15-11)14(20)21/h3-4,6H,2,5,7-9H2,1H3,(H,20,21). The number of carbonyl (C=O) groups excluding carboxylic acids is 2. The molecule has 2 heterocycles. The molecule has 1 aliphatic heterocycles. The van der Waals surface area contributed by atoms with E-state index in [0.717, 1.165) is 6.42 Å². The molecule has 7 nitrogen and oxygen atoms in total. The van der Waals surface area contributed by atoms with Gasteiger partial charge in [-0.1, -0.05) is 6.92 Å². The number of amides is 2. The highest BCUT2D eigenvalue weighted by Gasteiger charge is 2.29. The highest BCUT2D eigenvalue weighted by atomic mass is 16.4. The Hall–Kier alpha value is -2.44. The van der Waals surface area contributed by atoms with Crippen LogP contribution in [-0.2, 0) is 16.1 Å². The van der Waals surface area contributed by atoms with Crippen LogP contribution in [0.4, 0.5) is 0 Å². The molecule has 0 bridgehead atoms. The van der Waals surface area contributed by atoms with Crippen molar-refractivity contribution in [2.24, 2.45) is 0 Å². The summed E-state index contributed by atoms with van der Waals surface area (Å²) in [5.74, 6) is -1.24. The predicted octanol–water partition coefficient (Wildman–Crippen LogP) is 0.361. The van der Waals surface area contributed by atoms with E-state index in [-0.39, 0.29) is 37.0 Å². The molecule has 112 valence electrons. The summed E-state index contributed by atoms with van der Waals surface area (Å²) in [6.07, 6.45) is 2.06. The number of piperazine rings is 1. The molecule has 1 aromatic heterocycles. The largest absolute Gasteiger partial charge is 0.478 e. The van der Waals surface area contributed by atoms with Crippen LogP contribution in [-0.4, -0.2) is 57.3 Å². The number of carboxylic acids is 1. The molecule has 1 fully saturated rings. The number of aromatic nitrogens is 1. The highest BCUT2D eigenvalue weighted by molar-refractivity contribution is 5.92. The summed E-state index contributed by atoms with van der Waals surface area (Å²) >= 11 is 0. The van der Waals surface area contributed by atoms with Crippen molar-refractivity contribution in [1.29, 1.82) is 0 Å². The number of hydrogen-bond acceptors (Lipinski definition) is 4. The Morgan fingerprint density at radius 1 is 1.24 bits per heavy atom. The van der Waals surface area contributed by atoms with Gasteiger partial charge in [0.15, 0.2) is 0 Å². The van der Waals surface area contributed by atoms with E-state index >= 15 is 0 Å². The quantitative estimate of drug-likeness (QED) is 0.846. The van der Waals surface area contributed by atoms with Gasteiger partial charge < -0.3 is 14.9 Å². The topological polar surface area (TPSA) is 90.8 Å². The summed E-state index contributed by atoms with van der Waals surface area (Å²) in [6, 6.07) is 2.99. The first-order valence-electron chi connectivity index (χ1n) is 6.75. The summed E-state index contributed by atoms with van der Waals surface area (Å²) in [5.41, 5.74) is 0.652. The zero-order chi connectivity index (χ0) is 15.4. The number of aromatic carboxylic acids is 1. The smallest absolute Gasteiger partial charge is 0.337 e. The van der Waals surface area contributed by atoms with Crippen LogP contribution in [0.5, 0.6) is 0 Å². The molecule has 0 saturated carbocycles. The third-order valence-electron chi connectivity index (χ3n) is 3.28. The van der Waals surface area contributed by atoms with Crippen molar-refractivity contribution in [2.45, 2.75) is 19.9 Å². The zero-order valence-corrected chi connectivity index (χ0v) is 11.8. The van der Waals surface area contributed by atoms with Crippen LogP contribution in [0.15, 0.2) is 18.3 Å². The predicted molar refractivity (Wildman–Crippen MR) is 73.5 cm³/mol. The van der Waals surface area contributed by atoms with Gasteiger partial charge in [-0.25, -0.2) is 4.79 Å². The normalized spacial score (nSPS) is 15.5. The Labute approximate surface area is 122 Å². The third-order valence-corrected chi connectivity index (χ3v) is 3.28. The van der Waals surface area contributed by atoms with Gasteiger partial charge >= 0.3 is 5.97 Å². The first-order valence-corrected chi connectivity index (χ1v) is 6.75. The van der Waals surface area contributed by atoms with Crippen LogP contribution >= 0.6 is 0 Å². The van der Waals surface area contributed by atoms with Crippen LogP contribution in [0.3, 0.4) is 0 Å². The number of rotatable bonds is 5. The maximum absolute atomic E-state index is 12.0. The molecule has 0 aromatic carbocycles. The van der Waals surface area contributed by atoms with Gasteiger partial charge in [0.2, 0.25) is 11.8 Å². The fourth-order valence-electron chi connectivity index (χ4n) is 2.16. The number of pyridine rings is 1. The lowest BCUT2D eigenvalue weighted by molar-refractivity contribution is -0.150. The van der Waals surface area contributed by atoms with Crippen molar-refractivity contribution in [3.63, 3.8) is 0 Å². The molecule has 0 atom stereocenters. The molecular weight excluding hydrogens is 274 g/mol. The molecule has 1 N–H and O–H groups in total. The maximum atomic E-state index is 12.0. The summed E-state index contributed by atoms with van der Waals surface area (Å²) in [7, 11) is 0. The molecule has 0 aliphatic carbocycles. The van der Waals surface area contributed by atoms with Gasteiger partial charge in [-0.05, 0) is 18.6 Å². The molecule has 0 spiro atoms. The first kappa shape index (κ1) is 15.0. The van der Waals surface area contributed by atoms with Crippen molar-refractivity contribution in [3.05, 3.63) is 29.6 Å². The average Bonchev–Trinajstić information content (AvgIpc) is 2.45. The fraction of sp³-hybridized carbons (Fsp3) is 0.429. The Morgan fingerprint density at radius 2 is 1.90 bits per heavy atom. The number of carboxylic acid groups (broad SMARTS) is 1. The van der Waals surface area contributed by atoms with Gasteiger partial charge in [0.05, 0.1) is 24.3 Å². The summed E-state index contributed by atoms with van der Waals surface area (Å²) in [5, 5.41) is 8.80. The molecule has 1 aliphatic rings. The molecule has 1 saturated heterocycles. The van der Waals surface area contributed by atoms with Crippen molar-refractivity contribution in [1.82, 2.24) is 14.8 Å². The van der Waals surface area contributed by atoms with Crippen molar-refractivity contribution in [2.75, 3.05) is 19.6 Å². The second-order valence-electron chi connectivity index (χ2n) is 4.91. The van der Waals surface area contributed by atoms with E-state index in [1.54, 1.807) is 11.0 Å². The minimum atomic E-state index is -1.05. The highest BCUT2D eigenvalue weighted by Crippen LogP contribution is 2.10. The third kappa shape index (κ3) is 3.56. The van der Waals surface area contributed by atoms with E-state index < -0.39 is 5.97 Å². The molecule has 21 heavy (non-hydrogen) atoms. The van der Waals surface area contributed by atoms with Gasteiger partial charge in [0.25, 0.3) is 0 Å². The molecular formula is C14H17N3O4. The van der Waals surface area contributed by atoms with E-state index in [9.17, 15) is 14.4 Å². The molecule has 0 unspecified atom stereocenters. The van der Waals surface area contributed by atoms with E-state index in [1.807, 2.05) is 6.92 Å². The van der Waals surface area contributed by atoms with Crippen LogP contribution < -0.4 is 0 Å². The second-order valence-corrected chi connectivity index (χ2v) is 4.91. The summed E-state index contributed by atoms with van der Waals surface area (Å²) in [4.78, 5) is 41.7. The van der Waals surface area contributed by atoms with E-state index in [1.165, 1.54) is 17.2 Å². The van der Waals surface area contributed by atoms with Gasteiger partial charge in [0.1, 0.15) is 6.54 Å². The second kappa shape index (κ2) is 6.34. The van der Waals surface area contributed by atoms with Crippen LogP contribution in [0.25, 0.3) is 0 Å². The fourth-order valence-corrected chi connectivity index (χ4v) is 2.16. The zero-order valence-electron chi connectivity index (χ0n) is 11.8. The molecule has 0 radical (unpaired) electrons. The SMILES string of the molecule is CCCN1CC(=O)N(Cc2ccc(C(=O)O)cn2)CC1=O. The van der Waals surface area contributed by atoms with Crippen LogP contribution in [0.2, 0.25) is 0 Å². The van der Waals surface area contributed by atoms with Crippen molar-refractivity contribution < 1.29 is 19.5 Å². The van der Waals surface area contributed by atoms with E-state index in [2.05, 4.69) is 4.98 Å². The lowest BCUT2D eigenvalue weighted by atomic mass is 10.2. The van der Waals surface area contributed by atoms with Gasteiger partial charge in [-0.15, -0.1) is 0 Å². The summed E-state index contributed by atoms with van der Waals surface area (Å²) in [6.45, 7) is 2.90. The van der Waals surface area contributed by atoms with Crippen LogP contribution in [0, 0.1) is 0 Å². The number of hydrogen-bond donors (Lipinski definition) is 1. The minimum Gasteiger partial charge on any atom is -0.478 e. The Balaban J connectivity index is 2.01. The Morgan fingerprint density at radius 3 is 2.48 bits per heavy atom.